The van der Waals surface area contributed by atoms with Gasteiger partial charge < -0.3 is 10.2 Å². The number of hydrogen-bond donors (Lipinski definition) is 1. The van der Waals surface area contributed by atoms with Crippen molar-refractivity contribution in [2.75, 3.05) is 6.54 Å². The van der Waals surface area contributed by atoms with Crippen LogP contribution in [0.15, 0.2) is 41.1 Å². The SMILES string of the molecule is O=C(NCCCC(=O)N(Cc1ccc(F)cc1)C1CCCCC1)c1ccsc1. The topological polar surface area (TPSA) is 49.4 Å². The van der Waals surface area contributed by atoms with Gasteiger partial charge in [0.1, 0.15) is 5.82 Å². The van der Waals surface area contributed by atoms with Gasteiger partial charge in [-0.15, -0.1) is 0 Å². The third-order valence-corrected chi connectivity index (χ3v) is 5.92. The lowest BCUT2D eigenvalue weighted by Crippen LogP contribution is -2.41. The van der Waals surface area contributed by atoms with Crippen LogP contribution >= 0.6 is 11.3 Å². The molecule has 1 aliphatic carbocycles. The predicted octanol–water partition coefficient (Wildman–Crippen LogP) is 4.76. The quantitative estimate of drug-likeness (QED) is 0.647. The van der Waals surface area contributed by atoms with E-state index in [1.54, 1.807) is 18.2 Å². The maximum absolute atomic E-state index is 13.2. The van der Waals surface area contributed by atoms with E-state index in [0.717, 1.165) is 31.2 Å². The maximum atomic E-state index is 13.2. The molecular weight excluding hydrogens is 375 g/mol. The zero-order valence-electron chi connectivity index (χ0n) is 16.0. The molecule has 1 aliphatic rings. The Kier molecular flexibility index (Phi) is 7.60. The summed E-state index contributed by atoms with van der Waals surface area (Å²) in [6.45, 7) is 1.00. The molecule has 28 heavy (non-hydrogen) atoms. The molecule has 0 radical (unpaired) electrons. The highest BCUT2D eigenvalue weighted by Gasteiger charge is 2.25. The lowest BCUT2D eigenvalue weighted by atomic mass is 9.93. The average molecular weight is 403 g/mol. The van der Waals surface area contributed by atoms with E-state index >= 15 is 0 Å². The van der Waals surface area contributed by atoms with Gasteiger partial charge in [-0.2, -0.15) is 11.3 Å². The minimum absolute atomic E-state index is 0.0934. The first-order valence-corrected chi connectivity index (χ1v) is 10.9. The van der Waals surface area contributed by atoms with Gasteiger partial charge in [-0.05, 0) is 48.4 Å². The Morgan fingerprint density at radius 2 is 1.86 bits per heavy atom. The second kappa shape index (κ2) is 10.4. The summed E-state index contributed by atoms with van der Waals surface area (Å²) < 4.78 is 13.2. The van der Waals surface area contributed by atoms with Crippen molar-refractivity contribution in [3.05, 3.63) is 58.0 Å². The number of nitrogens with one attached hydrogen (secondary N) is 1. The summed E-state index contributed by atoms with van der Waals surface area (Å²) in [4.78, 5) is 26.9. The number of carbonyl (C=O) groups excluding carboxylic acids is 2. The van der Waals surface area contributed by atoms with Crippen LogP contribution in [0.4, 0.5) is 4.39 Å². The van der Waals surface area contributed by atoms with E-state index in [9.17, 15) is 14.0 Å². The Morgan fingerprint density at radius 1 is 1.11 bits per heavy atom. The van der Waals surface area contributed by atoms with Crippen LogP contribution in [-0.2, 0) is 11.3 Å². The minimum atomic E-state index is -0.263. The van der Waals surface area contributed by atoms with Crippen molar-refractivity contribution in [3.63, 3.8) is 0 Å². The summed E-state index contributed by atoms with van der Waals surface area (Å²) in [5.74, 6) is -0.245. The lowest BCUT2D eigenvalue weighted by Gasteiger charge is -2.34. The molecule has 150 valence electrons. The fourth-order valence-electron chi connectivity index (χ4n) is 3.68. The number of amides is 2. The van der Waals surface area contributed by atoms with Crippen LogP contribution in [0.1, 0.15) is 60.9 Å². The van der Waals surface area contributed by atoms with Gasteiger partial charge in [0.25, 0.3) is 5.91 Å². The Hall–Kier alpha value is -2.21. The van der Waals surface area contributed by atoms with E-state index < -0.39 is 0 Å². The fourth-order valence-corrected chi connectivity index (χ4v) is 4.32. The van der Waals surface area contributed by atoms with E-state index in [1.807, 2.05) is 15.7 Å². The van der Waals surface area contributed by atoms with Crippen molar-refractivity contribution in [1.29, 1.82) is 0 Å². The van der Waals surface area contributed by atoms with E-state index in [2.05, 4.69) is 5.32 Å². The molecule has 1 heterocycles. The van der Waals surface area contributed by atoms with Crippen LogP contribution in [0.2, 0.25) is 0 Å². The van der Waals surface area contributed by atoms with Gasteiger partial charge in [0.15, 0.2) is 0 Å². The number of benzene rings is 1. The number of halogens is 1. The van der Waals surface area contributed by atoms with E-state index in [4.69, 9.17) is 0 Å². The van der Waals surface area contributed by atoms with Crippen molar-refractivity contribution in [2.45, 2.75) is 57.5 Å². The third kappa shape index (κ3) is 5.89. The van der Waals surface area contributed by atoms with Crippen molar-refractivity contribution >= 4 is 23.2 Å². The zero-order chi connectivity index (χ0) is 19.8. The molecule has 3 rings (SSSR count). The number of thiophene rings is 1. The van der Waals surface area contributed by atoms with Crippen molar-refractivity contribution in [1.82, 2.24) is 10.2 Å². The van der Waals surface area contributed by atoms with E-state index in [1.165, 1.54) is 29.9 Å². The van der Waals surface area contributed by atoms with Gasteiger partial charge in [0.05, 0.1) is 0 Å². The smallest absolute Gasteiger partial charge is 0.252 e. The highest BCUT2D eigenvalue weighted by atomic mass is 32.1. The maximum Gasteiger partial charge on any atom is 0.252 e. The number of nitrogens with zero attached hydrogens (tertiary/aromatic N) is 1. The summed E-state index contributed by atoms with van der Waals surface area (Å²) in [5, 5.41) is 6.55. The Morgan fingerprint density at radius 3 is 2.54 bits per heavy atom. The van der Waals surface area contributed by atoms with Gasteiger partial charge in [-0.1, -0.05) is 31.4 Å². The molecule has 0 bridgehead atoms. The Balaban J connectivity index is 1.53. The second-order valence-corrected chi connectivity index (χ2v) is 8.09. The van der Waals surface area contributed by atoms with Crippen LogP contribution in [0.5, 0.6) is 0 Å². The van der Waals surface area contributed by atoms with E-state index in [0.29, 0.717) is 31.5 Å². The fraction of sp³-hybridized carbons (Fsp3) is 0.455. The Labute approximate surface area is 169 Å². The van der Waals surface area contributed by atoms with Crippen molar-refractivity contribution in [2.24, 2.45) is 0 Å². The third-order valence-electron chi connectivity index (χ3n) is 5.24. The van der Waals surface area contributed by atoms with Crippen LogP contribution in [0.3, 0.4) is 0 Å². The molecular formula is C22H27FN2O2S. The summed E-state index contributed by atoms with van der Waals surface area (Å²) in [6, 6.07) is 8.43. The predicted molar refractivity (Wildman–Crippen MR) is 110 cm³/mol. The molecule has 0 atom stereocenters. The number of carbonyl (C=O) groups is 2. The highest BCUT2D eigenvalue weighted by molar-refractivity contribution is 7.08. The van der Waals surface area contributed by atoms with Crippen molar-refractivity contribution < 1.29 is 14.0 Å². The first-order valence-electron chi connectivity index (χ1n) is 9.98. The monoisotopic (exact) mass is 402 g/mol. The number of rotatable bonds is 8. The molecule has 1 fully saturated rings. The molecule has 1 aromatic heterocycles. The van der Waals surface area contributed by atoms with Gasteiger partial charge in [0, 0.05) is 36.5 Å². The lowest BCUT2D eigenvalue weighted by molar-refractivity contribution is -0.135. The zero-order valence-corrected chi connectivity index (χ0v) is 16.8. The van der Waals surface area contributed by atoms with Crippen LogP contribution in [0.25, 0.3) is 0 Å². The minimum Gasteiger partial charge on any atom is -0.352 e. The molecule has 2 amide bonds. The highest BCUT2D eigenvalue weighted by Crippen LogP contribution is 2.25. The van der Waals surface area contributed by atoms with Gasteiger partial charge in [-0.25, -0.2) is 4.39 Å². The molecule has 6 heteroatoms. The summed E-state index contributed by atoms with van der Waals surface area (Å²) in [6.07, 6.45) is 6.60. The van der Waals surface area contributed by atoms with Gasteiger partial charge in [0.2, 0.25) is 5.91 Å². The van der Waals surface area contributed by atoms with Gasteiger partial charge >= 0.3 is 0 Å². The van der Waals surface area contributed by atoms with Gasteiger partial charge in [-0.3, -0.25) is 9.59 Å². The van der Waals surface area contributed by atoms with Crippen molar-refractivity contribution in [3.8, 4) is 0 Å². The number of hydrogen-bond acceptors (Lipinski definition) is 3. The summed E-state index contributed by atoms with van der Waals surface area (Å²) in [5.41, 5.74) is 1.61. The molecule has 1 aromatic carbocycles. The van der Waals surface area contributed by atoms with E-state index in [-0.39, 0.29) is 23.7 Å². The molecule has 2 aromatic rings. The molecule has 0 spiro atoms. The van der Waals surface area contributed by atoms with Crippen LogP contribution < -0.4 is 5.32 Å². The van der Waals surface area contributed by atoms with Crippen LogP contribution in [0, 0.1) is 5.82 Å². The standard InChI is InChI=1S/C22H27FN2O2S/c23-19-10-8-17(9-11-19)15-25(20-5-2-1-3-6-20)21(26)7-4-13-24-22(27)18-12-14-28-16-18/h8-12,14,16,20H,1-7,13,15H2,(H,24,27). The van der Waals surface area contributed by atoms with Crippen LogP contribution in [-0.4, -0.2) is 29.3 Å². The molecule has 0 saturated heterocycles. The molecule has 1 saturated carbocycles. The molecule has 0 aliphatic heterocycles. The first kappa shape index (κ1) is 20.5. The normalized spacial score (nSPS) is 14.6. The summed E-state index contributed by atoms with van der Waals surface area (Å²) in [7, 11) is 0. The molecule has 1 N–H and O–H groups in total. The second-order valence-electron chi connectivity index (χ2n) is 7.31. The Bertz CT molecular complexity index is 755. The average Bonchev–Trinajstić information content (AvgIpc) is 3.26. The molecule has 0 unspecified atom stereocenters. The molecule has 4 nitrogen and oxygen atoms in total. The summed E-state index contributed by atoms with van der Waals surface area (Å²) >= 11 is 1.49. The largest absolute Gasteiger partial charge is 0.352 e. The first-order chi connectivity index (χ1) is 13.6.